The molecule has 1 heterocycles. The van der Waals surface area contributed by atoms with Gasteiger partial charge in [0.25, 0.3) is 5.69 Å². The molecule has 2 rings (SSSR count). The quantitative estimate of drug-likeness (QED) is 0.489. The van der Waals surface area contributed by atoms with Gasteiger partial charge in [-0.1, -0.05) is 5.16 Å². The molecule has 2 aromatic rings. The summed E-state index contributed by atoms with van der Waals surface area (Å²) in [7, 11) is 1.23. The van der Waals surface area contributed by atoms with E-state index in [1.165, 1.54) is 31.4 Å². The van der Waals surface area contributed by atoms with Crippen LogP contribution in [0.2, 0.25) is 0 Å². The SMILES string of the molecule is COC(=O)c1noc(-c2ccc([N+](=O)[O-])cc2)c1Br. The predicted octanol–water partition coefficient (Wildman–Crippen LogP) is 2.80. The van der Waals surface area contributed by atoms with Crippen molar-refractivity contribution in [2.24, 2.45) is 0 Å². The zero-order chi connectivity index (χ0) is 14.0. The molecule has 1 aromatic heterocycles. The van der Waals surface area contributed by atoms with Gasteiger partial charge in [-0.2, -0.15) is 0 Å². The van der Waals surface area contributed by atoms with E-state index in [2.05, 4.69) is 25.8 Å². The number of non-ortho nitro benzene ring substituents is 1. The largest absolute Gasteiger partial charge is 0.464 e. The van der Waals surface area contributed by atoms with Crippen LogP contribution in [0.15, 0.2) is 33.3 Å². The zero-order valence-corrected chi connectivity index (χ0v) is 11.2. The van der Waals surface area contributed by atoms with Gasteiger partial charge in [0.15, 0.2) is 5.76 Å². The lowest BCUT2D eigenvalue weighted by atomic mass is 10.1. The standard InChI is InChI=1S/C11H7BrN2O5/c1-18-11(15)9-8(12)10(19-13-9)6-2-4-7(5-3-6)14(16)17/h2-5H,1H3. The fraction of sp³-hybridized carbons (Fsp3) is 0.0909. The Morgan fingerprint density at radius 3 is 2.58 bits per heavy atom. The molecule has 1 aromatic carbocycles. The lowest BCUT2D eigenvalue weighted by molar-refractivity contribution is -0.384. The van der Waals surface area contributed by atoms with Crippen molar-refractivity contribution in [3.05, 3.63) is 44.5 Å². The second kappa shape index (κ2) is 5.19. The first-order chi connectivity index (χ1) is 9.04. The number of carbonyl (C=O) groups excluding carboxylic acids is 1. The minimum Gasteiger partial charge on any atom is -0.464 e. The van der Waals surface area contributed by atoms with Gasteiger partial charge in [-0.25, -0.2) is 4.79 Å². The van der Waals surface area contributed by atoms with E-state index in [4.69, 9.17) is 4.52 Å². The smallest absolute Gasteiger partial charge is 0.361 e. The fourth-order valence-corrected chi connectivity index (χ4v) is 1.95. The summed E-state index contributed by atoms with van der Waals surface area (Å²) in [5.74, 6) is -0.334. The molecule has 8 heteroatoms. The van der Waals surface area contributed by atoms with Gasteiger partial charge in [0.2, 0.25) is 5.69 Å². The third-order valence-electron chi connectivity index (χ3n) is 2.35. The van der Waals surface area contributed by atoms with E-state index in [-0.39, 0.29) is 11.4 Å². The van der Waals surface area contributed by atoms with Crippen LogP contribution in [0.4, 0.5) is 5.69 Å². The number of hydrogen-bond acceptors (Lipinski definition) is 6. The third kappa shape index (κ3) is 2.48. The summed E-state index contributed by atoms with van der Waals surface area (Å²) in [5, 5.41) is 14.1. The number of benzene rings is 1. The van der Waals surface area contributed by atoms with Crippen LogP contribution < -0.4 is 0 Å². The first-order valence-corrected chi connectivity index (χ1v) is 5.82. The summed E-state index contributed by atoms with van der Waals surface area (Å²) in [4.78, 5) is 21.4. The number of rotatable bonds is 3. The molecule has 0 saturated heterocycles. The van der Waals surface area contributed by atoms with E-state index in [1.807, 2.05) is 0 Å². The van der Waals surface area contributed by atoms with E-state index in [0.29, 0.717) is 15.8 Å². The van der Waals surface area contributed by atoms with Gasteiger partial charge in [-0.3, -0.25) is 10.1 Å². The summed E-state index contributed by atoms with van der Waals surface area (Å²) < 4.78 is 9.91. The Morgan fingerprint density at radius 1 is 1.42 bits per heavy atom. The van der Waals surface area contributed by atoms with Crippen LogP contribution in [0.25, 0.3) is 11.3 Å². The summed E-state index contributed by atoms with van der Waals surface area (Å²) >= 11 is 3.19. The monoisotopic (exact) mass is 326 g/mol. The molecule has 0 aliphatic carbocycles. The summed E-state index contributed by atoms with van der Waals surface area (Å²) in [5.41, 5.74) is 0.531. The zero-order valence-electron chi connectivity index (χ0n) is 9.62. The summed E-state index contributed by atoms with van der Waals surface area (Å²) in [6, 6.07) is 5.68. The Morgan fingerprint density at radius 2 is 2.05 bits per heavy atom. The Kier molecular flexibility index (Phi) is 3.61. The maximum atomic E-state index is 11.4. The van der Waals surface area contributed by atoms with Crippen molar-refractivity contribution in [2.75, 3.05) is 7.11 Å². The van der Waals surface area contributed by atoms with Crippen molar-refractivity contribution >= 4 is 27.6 Å². The normalized spacial score (nSPS) is 10.2. The molecule has 0 aliphatic heterocycles. The number of ether oxygens (including phenoxy) is 1. The molecule has 19 heavy (non-hydrogen) atoms. The van der Waals surface area contributed by atoms with Crippen molar-refractivity contribution in [2.45, 2.75) is 0 Å². The molecule has 0 bridgehead atoms. The van der Waals surface area contributed by atoms with E-state index >= 15 is 0 Å². The number of nitro groups is 1. The Hall–Kier alpha value is -2.22. The molecule has 0 saturated carbocycles. The van der Waals surface area contributed by atoms with Gasteiger partial charge in [-0.05, 0) is 28.1 Å². The first-order valence-electron chi connectivity index (χ1n) is 5.03. The van der Waals surface area contributed by atoms with Crippen molar-refractivity contribution in [1.29, 1.82) is 0 Å². The number of halogens is 1. The molecule has 0 unspecified atom stereocenters. The average molecular weight is 327 g/mol. The van der Waals surface area contributed by atoms with E-state index < -0.39 is 10.9 Å². The highest BCUT2D eigenvalue weighted by molar-refractivity contribution is 9.10. The van der Waals surface area contributed by atoms with Crippen LogP contribution in [-0.4, -0.2) is 23.2 Å². The molecule has 0 N–H and O–H groups in total. The van der Waals surface area contributed by atoms with Gasteiger partial charge < -0.3 is 9.26 Å². The van der Waals surface area contributed by atoms with Crippen molar-refractivity contribution in [3.8, 4) is 11.3 Å². The lowest BCUT2D eigenvalue weighted by Gasteiger charge is -1.97. The minimum absolute atomic E-state index is 0.0100. The maximum absolute atomic E-state index is 11.4. The van der Waals surface area contributed by atoms with Gasteiger partial charge >= 0.3 is 5.97 Å². The minimum atomic E-state index is -0.635. The Balaban J connectivity index is 2.40. The maximum Gasteiger partial charge on any atom is 0.361 e. The van der Waals surface area contributed by atoms with Crippen LogP contribution in [0, 0.1) is 10.1 Å². The number of carbonyl (C=O) groups is 1. The van der Waals surface area contributed by atoms with Gasteiger partial charge in [0.05, 0.1) is 12.0 Å². The Labute approximate surface area is 115 Å². The molecule has 0 amide bonds. The summed E-state index contributed by atoms with van der Waals surface area (Å²) in [6.45, 7) is 0. The summed E-state index contributed by atoms with van der Waals surface area (Å²) in [6.07, 6.45) is 0. The second-order valence-electron chi connectivity index (χ2n) is 3.47. The molecule has 7 nitrogen and oxygen atoms in total. The van der Waals surface area contributed by atoms with Gasteiger partial charge in [0, 0.05) is 17.7 Å². The van der Waals surface area contributed by atoms with Crippen molar-refractivity contribution in [3.63, 3.8) is 0 Å². The molecule has 98 valence electrons. The van der Waals surface area contributed by atoms with E-state index in [0.717, 1.165) is 0 Å². The van der Waals surface area contributed by atoms with E-state index in [1.54, 1.807) is 0 Å². The van der Waals surface area contributed by atoms with Crippen LogP contribution in [-0.2, 0) is 4.74 Å². The van der Waals surface area contributed by atoms with Gasteiger partial charge in [0.1, 0.15) is 4.47 Å². The number of methoxy groups -OCH3 is 1. The average Bonchev–Trinajstić information content (AvgIpc) is 2.80. The molecule has 0 fully saturated rings. The molecule has 0 spiro atoms. The predicted molar refractivity (Wildman–Crippen MR) is 67.6 cm³/mol. The number of aromatic nitrogens is 1. The highest BCUT2D eigenvalue weighted by Gasteiger charge is 2.22. The number of esters is 1. The molecular formula is C11H7BrN2O5. The Bertz CT molecular complexity index is 635. The number of nitrogens with zero attached hydrogens (tertiary/aromatic N) is 2. The number of nitro benzene ring substituents is 1. The van der Waals surface area contributed by atoms with Gasteiger partial charge in [-0.15, -0.1) is 0 Å². The third-order valence-corrected chi connectivity index (χ3v) is 3.09. The molecule has 0 radical (unpaired) electrons. The topological polar surface area (TPSA) is 95.5 Å². The molecule has 0 atom stereocenters. The van der Waals surface area contributed by atoms with E-state index in [9.17, 15) is 14.9 Å². The highest BCUT2D eigenvalue weighted by atomic mass is 79.9. The highest BCUT2D eigenvalue weighted by Crippen LogP contribution is 2.32. The first kappa shape index (κ1) is 13.2. The van der Waals surface area contributed by atoms with Crippen molar-refractivity contribution < 1.29 is 19.0 Å². The molecule has 0 aliphatic rings. The van der Waals surface area contributed by atoms with Crippen LogP contribution in [0.1, 0.15) is 10.5 Å². The van der Waals surface area contributed by atoms with Crippen LogP contribution in [0.3, 0.4) is 0 Å². The molecular weight excluding hydrogens is 320 g/mol. The van der Waals surface area contributed by atoms with Crippen LogP contribution in [0.5, 0.6) is 0 Å². The fourth-order valence-electron chi connectivity index (χ4n) is 1.42. The number of hydrogen-bond donors (Lipinski definition) is 0. The lowest BCUT2D eigenvalue weighted by Crippen LogP contribution is -2.01. The second-order valence-corrected chi connectivity index (χ2v) is 4.26. The van der Waals surface area contributed by atoms with Crippen LogP contribution >= 0.6 is 15.9 Å². The van der Waals surface area contributed by atoms with Crippen molar-refractivity contribution in [1.82, 2.24) is 5.16 Å².